The molecule has 1 aliphatic carbocycles. The van der Waals surface area contributed by atoms with Gasteiger partial charge in [-0.1, -0.05) is 36.4 Å². The van der Waals surface area contributed by atoms with Crippen LogP contribution in [0, 0.1) is 5.92 Å². The van der Waals surface area contributed by atoms with Gasteiger partial charge in [0.2, 0.25) is 5.95 Å². The van der Waals surface area contributed by atoms with Crippen LogP contribution in [0.1, 0.15) is 34.4 Å². The van der Waals surface area contributed by atoms with E-state index in [0.29, 0.717) is 30.6 Å². The largest absolute Gasteiger partial charge is 0.488 e. The van der Waals surface area contributed by atoms with Crippen LogP contribution in [-0.2, 0) is 32.0 Å². The molecule has 0 saturated carbocycles. The smallest absolute Gasteiger partial charge is 0.419 e. The van der Waals surface area contributed by atoms with Crippen LogP contribution in [0.25, 0.3) is 0 Å². The highest BCUT2D eigenvalue weighted by atomic mass is 19.4. The van der Waals surface area contributed by atoms with E-state index in [1.807, 2.05) is 30.3 Å². The van der Waals surface area contributed by atoms with Crippen LogP contribution in [0.3, 0.4) is 0 Å². The summed E-state index contributed by atoms with van der Waals surface area (Å²) in [5, 5.41) is 0. The molecule has 1 aliphatic rings. The maximum Gasteiger partial charge on any atom is 0.419 e. The first kappa shape index (κ1) is 21.0. The number of nitrogens with two attached hydrogens (primary N) is 2. The quantitative estimate of drug-likeness (QED) is 0.621. The van der Waals surface area contributed by atoms with Crippen molar-refractivity contribution in [2.24, 2.45) is 5.92 Å². The molecule has 1 aromatic heterocycles. The van der Waals surface area contributed by atoms with Gasteiger partial charge in [0, 0.05) is 5.56 Å². The number of fused-ring (bicyclic) bond motifs is 1. The zero-order valence-corrected chi connectivity index (χ0v) is 16.8. The van der Waals surface area contributed by atoms with E-state index in [1.54, 1.807) is 6.07 Å². The predicted octanol–water partition coefficient (Wildman–Crippen LogP) is 4.59. The van der Waals surface area contributed by atoms with Crippen molar-refractivity contribution in [3.63, 3.8) is 0 Å². The Morgan fingerprint density at radius 3 is 2.52 bits per heavy atom. The molecule has 8 heteroatoms. The van der Waals surface area contributed by atoms with Gasteiger partial charge >= 0.3 is 6.18 Å². The Bertz CT molecular complexity index is 1070. The summed E-state index contributed by atoms with van der Waals surface area (Å²) in [6.07, 6.45) is -1.89. The number of rotatable bonds is 5. The van der Waals surface area contributed by atoms with Crippen molar-refractivity contribution < 1.29 is 17.9 Å². The number of anilines is 2. The third-order valence-corrected chi connectivity index (χ3v) is 5.54. The summed E-state index contributed by atoms with van der Waals surface area (Å²) >= 11 is 0. The molecule has 0 saturated heterocycles. The minimum absolute atomic E-state index is 0.0745. The van der Waals surface area contributed by atoms with E-state index in [4.69, 9.17) is 16.2 Å². The normalized spacial score (nSPS) is 16.0. The third-order valence-electron chi connectivity index (χ3n) is 5.54. The lowest BCUT2D eigenvalue weighted by Crippen LogP contribution is -2.21. The molecule has 0 amide bonds. The van der Waals surface area contributed by atoms with Gasteiger partial charge in [0.05, 0.1) is 11.3 Å². The van der Waals surface area contributed by atoms with Crippen molar-refractivity contribution in [3.8, 4) is 5.75 Å². The summed E-state index contributed by atoms with van der Waals surface area (Å²) < 4.78 is 46.6. The van der Waals surface area contributed by atoms with E-state index in [-0.39, 0.29) is 24.2 Å². The van der Waals surface area contributed by atoms with Gasteiger partial charge in [0.1, 0.15) is 18.2 Å². The summed E-state index contributed by atoms with van der Waals surface area (Å²) in [4.78, 5) is 8.25. The molecule has 0 fully saturated rings. The van der Waals surface area contributed by atoms with Crippen LogP contribution < -0.4 is 16.2 Å². The van der Waals surface area contributed by atoms with Crippen LogP contribution in [0.4, 0.5) is 24.9 Å². The third kappa shape index (κ3) is 4.90. The zero-order chi connectivity index (χ0) is 22.0. The van der Waals surface area contributed by atoms with Crippen molar-refractivity contribution in [2.45, 2.75) is 38.5 Å². The first-order valence-corrected chi connectivity index (χ1v) is 10.1. The van der Waals surface area contributed by atoms with E-state index < -0.39 is 11.7 Å². The number of nitrogens with zero attached hydrogens (tertiary/aromatic N) is 2. The maximum atomic E-state index is 13.7. The molecule has 4 rings (SSSR count). The molecule has 162 valence electrons. The molecule has 4 N–H and O–H groups in total. The number of alkyl halides is 3. The number of halogens is 3. The van der Waals surface area contributed by atoms with Crippen LogP contribution >= 0.6 is 0 Å². The number of ether oxygens (including phenoxy) is 1. The van der Waals surface area contributed by atoms with Gasteiger partial charge < -0.3 is 16.2 Å². The minimum atomic E-state index is -4.50. The monoisotopic (exact) mass is 428 g/mol. The van der Waals surface area contributed by atoms with Crippen LogP contribution in [-0.4, -0.2) is 9.97 Å². The molecule has 0 spiro atoms. The Morgan fingerprint density at radius 1 is 1.00 bits per heavy atom. The van der Waals surface area contributed by atoms with Crippen molar-refractivity contribution in [3.05, 3.63) is 76.5 Å². The topological polar surface area (TPSA) is 87.0 Å². The molecule has 31 heavy (non-hydrogen) atoms. The molecule has 0 aliphatic heterocycles. The van der Waals surface area contributed by atoms with Gasteiger partial charge in [-0.25, -0.2) is 4.98 Å². The fraction of sp³-hybridized carbons (Fsp3) is 0.304. The number of benzene rings is 2. The highest BCUT2D eigenvalue weighted by Gasteiger charge is 2.35. The molecule has 5 nitrogen and oxygen atoms in total. The molecule has 1 atom stereocenters. The molecule has 0 bridgehead atoms. The second kappa shape index (κ2) is 8.45. The van der Waals surface area contributed by atoms with Crippen molar-refractivity contribution >= 4 is 11.8 Å². The summed E-state index contributed by atoms with van der Waals surface area (Å²) in [6, 6.07) is 13.4. The molecule has 1 unspecified atom stereocenters. The lowest BCUT2D eigenvalue weighted by molar-refractivity contribution is -0.139. The summed E-state index contributed by atoms with van der Waals surface area (Å²) in [6.45, 7) is 0.0745. The summed E-state index contributed by atoms with van der Waals surface area (Å²) in [5.74, 6) is 0.491. The lowest BCUT2D eigenvalue weighted by atomic mass is 9.82. The highest BCUT2D eigenvalue weighted by molar-refractivity contribution is 5.47. The number of aryl methyl sites for hydroxylation is 1. The SMILES string of the molecule is Nc1nc(N)c2c(n1)CCC(Cc1ccc(OCc3ccccc3)c(C(F)(F)F)c1)C2. The van der Waals surface area contributed by atoms with E-state index in [9.17, 15) is 13.2 Å². The first-order chi connectivity index (χ1) is 14.8. The number of hydrogen-bond acceptors (Lipinski definition) is 5. The number of hydrogen-bond donors (Lipinski definition) is 2. The fourth-order valence-corrected chi connectivity index (χ4v) is 4.02. The molecule has 0 radical (unpaired) electrons. The zero-order valence-electron chi connectivity index (χ0n) is 16.8. The minimum Gasteiger partial charge on any atom is -0.488 e. The van der Waals surface area contributed by atoms with Crippen molar-refractivity contribution in [2.75, 3.05) is 11.5 Å². The second-order valence-electron chi connectivity index (χ2n) is 7.81. The lowest BCUT2D eigenvalue weighted by Gasteiger charge is -2.25. The molecule has 2 aromatic carbocycles. The van der Waals surface area contributed by atoms with E-state index in [2.05, 4.69) is 9.97 Å². The number of nitrogen functional groups attached to an aromatic ring is 2. The Balaban J connectivity index is 1.51. The highest BCUT2D eigenvalue weighted by Crippen LogP contribution is 2.38. The Kier molecular flexibility index (Phi) is 5.71. The maximum absolute atomic E-state index is 13.7. The van der Waals surface area contributed by atoms with E-state index in [1.165, 1.54) is 12.1 Å². The number of aromatic nitrogens is 2. The van der Waals surface area contributed by atoms with Gasteiger partial charge in [0.15, 0.2) is 0 Å². The Hall–Kier alpha value is -3.29. The van der Waals surface area contributed by atoms with Crippen molar-refractivity contribution in [1.82, 2.24) is 9.97 Å². The standard InChI is InChI=1S/C23H23F3N4O/c24-23(25,26)18-12-16(7-9-20(18)31-13-14-4-2-1-3-5-14)10-15-6-8-19-17(11-15)21(27)30-22(28)29-19/h1-5,7,9,12,15H,6,8,10-11,13H2,(H4,27,28,29,30). The van der Waals surface area contributed by atoms with Gasteiger partial charge in [-0.3, -0.25) is 0 Å². The van der Waals surface area contributed by atoms with Crippen LogP contribution in [0.5, 0.6) is 5.75 Å². The average Bonchev–Trinajstić information content (AvgIpc) is 2.73. The molecular weight excluding hydrogens is 405 g/mol. The summed E-state index contributed by atoms with van der Waals surface area (Å²) in [7, 11) is 0. The molecule has 3 aromatic rings. The van der Waals surface area contributed by atoms with Gasteiger partial charge in [-0.2, -0.15) is 18.2 Å². The van der Waals surface area contributed by atoms with Gasteiger partial charge in [-0.05, 0) is 54.9 Å². The molecular formula is C23H23F3N4O. The van der Waals surface area contributed by atoms with E-state index in [0.717, 1.165) is 23.2 Å². The summed E-state index contributed by atoms with van der Waals surface area (Å²) in [5.41, 5.74) is 14.0. The van der Waals surface area contributed by atoms with E-state index >= 15 is 0 Å². The van der Waals surface area contributed by atoms with Gasteiger partial charge in [0.25, 0.3) is 0 Å². The van der Waals surface area contributed by atoms with Gasteiger partial charge in [-0.15, -0.1) is 0 Å². The van der Waals surface area contributed by atoms with Crippen molar-refractivity contribution in [1.29, 1.82) is 0 Å². The molecule has 1 heterocycles. The van der Waals surface area contributed by atoms with Crippen LogP contribution in [0.2, 0.25) is 0 Å². The average molecular weight is 428 g/mol. The fourth-order valence-electron chi connectivity index (χ4n) is 4.02. The predicted molar refractivity (Wildman–Crippen MR) is 112 cm³/mol. The Labute approximate surface area is 178 Å². The van der Waals surface area contributed by atoms with Crippen LogP contribution in [0.15, 0.2) is 48.5 Å². The Morgan fingerprint density at radius 2 is 1.77 bits per heavy atom. The first-order valence-electron chi connectivity index (χ1n) is 10.1. The second-order valence-corrected chi connectivity index (χ2v) is 7.81.